The summed E-state index contributed by atoms with van der Waals surface area (Å²) in [4.78, 5) is 11.8. The van der Waals surface area contributed by atoms with Crippen LogP contribution in [0.25, 0.3) is 0 Å². The summed E-state index contributed by atoms with van der Waals surface area (Å²) in [7, 11) is 0. The van der Waals surface area contributed by atoms with E-state index in [1.54, 1.807) is 0 Å². The van der Waals surface area contributed by atoms with E-state index in [1.165, 1.54) is 31.2 Å². The minimum atomic E-state index is -1.39. The van der Waals surface area contributed by atoms with E-state index in [0.29, 0.717) is 5.56 Å². The summed E-state index contributed by atoms with van der Waals surface area (Å²) < 4.78 is 5.26. The number of aromatic hydroxyl groups is 1. The molecule has 1 aliphatic heterocycles. The van der Waals surface area contributed by atoms with Crippen molar-refractivity contribution in [3.8, 4) is 5.75 Å². The lowest BCUT2D eigenvalue weighted by Crippen LogP contribution is -2.63. The maximum absolute atomic E-state index is 11.8. The van der Waals surface area contributed by atoms with E-state index in [2.05, 4.69) is 10.9 Å². The van der Waals surface area contributed by atoms with Crippen molar-refractivity contribution in [2.45, 2.75) is 37.6 Å². The highest BCUT2D eigenvalue weighted by molar-refractivity contribution is 5.93. The third kappa shape index (κ3) is 3.49. The van der Waals surface area contributed by atoms with E-state index < -0.39 is 36.6 Å². The van der Waals surface area contributed by atoms with Crippen molar-refractivity contribution in [1.82, 2.24) is 10.9 Å². The average molecular weight is 298 g/mol. The first kappa shape index (κ1) is 15.7. The van der Waals surface area contributed by atoms with E-state index in [-0.39, 0.29) is 5.75 Å². The SMILES string of the molecule is C[C@@H]1O[C@@H](NNC(=O)c2ccc(O)cc2)[C@@H](O)[C@@H](O)[C@H]1O. The quantitative estimate of drug-likeness (QED) is 0.373. The average Bonchev–Trinajstić information content (AvgIpc) is 2.48. The zero-order valence-electron chi connectivity index (χ0n) is 11.3. The van der Waals surface area contributed by atoms with E-state index in [0.717, 1.165) is 0 Å². The largest absolute Gasteiger partial charge is 0.508 e. The monoisotopic (exact) mass is 298 g/mol. The van der Waals surface area contributed by atoms with Crippen molar-refractivity contribution in [2.75, 3.05) is 0 Å². The normalized spacial score (nSPS) is 32.7. The number of hydrazine groups is 1. The Kier molecular flexibility index (Phi) is 4.76. The van der Waals surface area contributed by atoms with Crippen molar-refractivity contribution in [3.05, 3.63) is 29.8 Å². The molecule has 1 amide bonds. The molecule has 0 radical (unpaired) electrons. The minimum Gasteiger partial charge on any atom is -0.508 e. The number of phenolic OH excluding ortho intramolecular Hbond substituents is 1. The number of nitrogens with one attached hydrogen (secondary N) is 2. The van der Waals surface area contributed by atoms with Crippen LogP contribution in [0.2, 0.25) is 0 Å². The molecule has 1 fully saturated rings. The minimum absolute atomic E-state index is 0.0384. The number of ether oxygens (including phenoxy) is 1. The van der Waals surface area contributed by atoms with Crippen molar-refractivity contribution in [2.24, 2.45) is 0 Å². The highest BCUT2D eigenvalue weighted by Gasteiger charge is 2.41. The van der Waals surface area contributed by atoms with Gasteiger partial charge in [-0.2, -0.15) is 0 Å². The van der Waals surface area contributed by atoms with Crippen LogP contribution in [0.1, 0.15) is 17.3 Å². The maximum atomic E-state index is 11.8. The Bertz CT molecular complexity index is 494. The first-order chi connectivity index (χ1) is 9.90. The fourth-order valence-electron chi connectivity index (χ4n) is 1.99. The summed E-state index contributed by atoms with van der Waals surface area (Å²) in [5, 5.41) is 38.1. The molecule has 8 heteroatoms. The van der Waals surface area contributed by atoms with Gasteiger partial charge in [0.25, 0.3) is 5.91 Å². The van der Waals surface area contributed by atoms with Gasteiger partial charge in [-0.25, -0.2) is 5.43 Å². The van der Waals surface area contributed by atoms with Gasteiger partial charge < -0.3 is 25.2 Å². The van der Waals surface area contributed by atoms with E-state index in [4.69, 9.17) is 9.84 Å². The highest BCUT2D eigenvalue weighted by atomic mass is 16.5. The first-order valence-electron chi connectivity index (χ1n) is 6.44. The lowest BCUT2D eigenvalue weighted by atomic mass is 9.99. The van der Waals surface area contributed by atoms with Crippen molar-refractivity contribution in [1.29, 1.82) is 0 Å². The molecule has 0 bridgehead atoms. The molecule has 116 valence electrons. The van der Waals surface area contributed by atoms with Gasteiger partial charge >= 0.3 is 0 Å². The number of carbonyl (C=O) groups excluding carboxylic acids is 1. The summed E-state index contributed by atoms with van der Waals surface area (Å²) in [6.07, 6.45) is -5.73. The second kappa shape index (κ2) is 6.37. The molecule has 0 spiro atoms. The fourth-order valence-corrected chi connectivity index (χ4v) is 1.99. The van der Waals surface area contributed by atoms with Crippen LogP contribution in [0, 0.1) is 0 Å². The van der Waals surface area contributed by atoms with Crippen LogP contribution in [0.15, 0.2) is 24.3 Å². The molecule has 0 unspecified atom stereocenters. The molecule has 0 saturated carbocycles. The molecule has 21 heavy (non-hydrogen) atoms. The smallest absolute Gasteiger partial charge is 0.265 e. The molecular formula is C13H18N2O6. The standard InChI is InChI=1S/C13H18N2O6/c1-6-9(17)10(18)11(19)13(21-6)15-14-12(20)7-2-4-8(16)5-3-7/h2-6,9-11,13,15-19H,1H3,(H,14,20)/t6-,9-,10-,11-,13+/m0/s1. The van der Waals surface area contributed by atoms with Crippen LogP contribution in [0.4, 0.5) is 0 Å². The number of rotatable bonds is 3. The summed E-state index contributed by atoms with van der Waals surface area (Å²) in [6, 6.07) is 5.57. The lowest BCUT2D eigenvalue weighted by Gasteiger charge is -2.39. The summed E-state index contributed by atoms with van der Waals surface area (Å²) in [5.74, 6) is -0.462. The molecule has 0 aliphatic carbocycles. The number of phenols is 1. The topological polar surface area (TPSA) is 131 Å². The Hall–Kier alpha value is -1.71. The fraction of sp³-hybridized carbons (Fsp3) is 0.462. The van der Waals surface area contributed by atoms with E-state index in [1.807, 2.05) is 0 Å². The molecule has 5 atom stereocenters. The number of hydrogen-bond acceptors (Lipinski definition) is 7. The highest BCUT2D eigenvalue weighted by Crippen LogP contribution is 2.19. The van der Waals surface area contributed by atoms with Crippen molar-refractivity contribution in [3.63, 3.8) is 0 Å². The number of benzene rings is 1. The van der Waals surface area contributed by atoms with E-state index in [9.17, 15) is 20.1 Å². The predicted molar refractivity (Wildman–Crippen MR) is 71.1 cm³/mol. The van der Waals surface area contributed by atoms with Crippen LogP contribution >= 0.6 is 0 Å². The molecular weight excluding hydrogens is 280 g/mol. The Morgan fingerprint density at radius 2 is 1.71 bits per heavy atom. The van der Waals surface area contributed by atoms with Gasteiger partial charge in [0, 0.05) is 5.56 Å². The third-order valence-electron chi connectivity index (χ3n) is 3.31. The van der Waals surface area contributed by atoms with Crippen molar-refractivity contribution >= 4 is 5.91 Å². The molecule has 1 aromatic rings. The first-order valence-corrected chi connectivity index (χ1v) is 6.44. The van der Waals surface area contributed by atoms with Crippen LogP contribution in [0.3, 0.4) is 0 Å². The Morgan fingerprint density at radius 1 is 1.10 bits per heavy atom. The zero-order valence-corrected chi connectivity index (χ0v) is 11.3. The van der Waals surface area contributed by atoms with Crippen LogP contribution in [-0.2, 0) is 4.74 Å². The van der Waals surface area contributed by atoms with Gasteiger partial charge in [0.1, 0.15) is 24.1 Å². The Labute approximate surface area is 121 Å². The number of amides is 1. The Balaban J connectivity index is 1.93. The van der Waals surface area contributed by atoms with Gasteiger partial charge in [-0.1, -0.05) is 0 Å². The third-order valence-corrected chi connectivity index (χ3v) is 3.31. The second-order valence-electron chi connectivity index (χ2n) is 4.88. The van der Waals surface area contributed by atoms with Crippen molar-refractivity contribution < 1.29 is 30.0 Å². The molecule has 1 heterocycles. The lowest BCUT2D eigenvalue weighted by molar-refractivity contribution is -0.226. The number of aliphatic hydroxyl groups is 3. The second-order valence-corrected chi connectivity index (χ2v) is 4.88. The summed E-state index contributed by atoms with van der Waals surface area (Å²) in [6.45, 7) is 1.54. The molecule has 8 nitrogen and oxygen atoms in total. The molecule has 0 aromatic heterocycles. The van der Waals surface area contributed by atoms with Gasteiger partial charge in [-0.15, -0.1) is 0 Å². The van der Waals surface area contributed by atoms with Gasteiger partial charge in [-0.3, -0.25) is 10.2 Å². The molecule has 1 aromatic carbocycles. The van der Waals surface area contributed by atoms with Crippen LogP contribution in [-0.4, -0.2) is 57.0 Å². The summed E-state index contributed by atoms with van der Waals surface area (Å²) >= 11 is 0. The van der Waals surface area contributed by atoms with Gasteiger partial charge in [0.2, 0.25) is 0 Å². The predicted octanol–water partition coefficient (Wildman–Crippen LogP) is -1.55. The number of aliphatic hydroxyl groups excluding tert-OH is 3. The van der Waals surface area contributed by atoms with Gasteiger partial charge in [-0.05, 0) is 31.2 Å². The van der Waals surface area contributed by atoms with Crippen LogP contribution in [0.5, 0.6) is 5.75 Å². The van der Waals surface area contributed by atoms with E-state index >= 15 is 0 Å². The van der Waals surface area contributed by atoms with Crippen LogP contribution < -0.4 is 10.9 Å². The molecule has 6 N–H and O–H groups in total. The number of hydrogen-bond donors (Lipinski definition) is 6. The van der Waals surface area contributed by atoms with Gasteiger partial charge in [0.05, 0.1) is 6.10 Å². The summed E-state index contributed by atoms with van der Waals surface area (Å²) in [5.41, 5.74) is 5.08. The van der Waals surface area contributed by atoms with Gasteiger partial charge in [0.15, 0.2) is 6.23 Å². The maximum Gasteiger partial charge on any atom is 0.265 e. The molecule has 1 aliphatic rings. The molecule has 1 saturated heterocycles. The molecule has 2 rings (SSSR count). The number of carbonyl (C=O) groups is 1. The Morgan fingerprint density at radius 3 is 2.33 bits per heavy atom. The zero-order chi connectivity index (χ0) is 15.6.